The quantitative estimate of drug-likeness (QED) is 0.551. The molecule has 0 spiro atoms. The van der Waals surface area contributed by atoms with E-state index in [0.717, 1.165) is 0 Å². The van der Waals surface area contributed by atoms with Crippen LogP contribution in [0.1, 0.15) is 53.4 Å². The Morgan fingerprint density at radius 1 is 1.00 bits per heavy atom. The number of unbranched alkanes of at least 4 members (excludes halogenated alkanes) is 3. The number of ether oxygens (including phenoxy) is 1. The van der Waals surface area contributed by atoms with Crippen molar-refractivity contribution in [1.29, 1.82) is 0 Å². The van der Waals surface area contributed by atoms with E-state index in [4.69, 9.17) is 0 Å². The highest BCUT2D eigenvalue weighted by Gasteiger charge is 1.81. The van der Waals surface area contributed by atoms with E-state index in [9.17, 15) is 4.79 Å². The van der Waals surface area contributed by atoms with E-state index in [1.807, 2.05) is 26.0 Å². The molecule has 3 heteroatoms. The summed E-state index contributed by atoms with van der Waals surface area (Å²) in [5.74, 6) is -0.211. The van der Waals surface area contributed by atoms with E-state index in [-0.39, 0.29) is 5.97 Å². The Balaban J connectivity index is -0.000000162. The molecule has 0 aromatic carbocycles. The minimum Gasteiger partial charge on any atom is -0.466 e. The molecule has 0 N–H and O–H groups in total. The number of esters is 1. The summed E-state index contributed by atoms with van der Waals surface area (Å²) >= 11 is 0. The number of carbonyl (C=O) groups excluding carboxylic acids is 1. The smallest absolute Gasteiger partial charge is 0.302 e. The van der Waals surface area contributed by atoms with Crippen molar-refractivity contribution in [2.75, 3.05) is 27.7 Å². The van der Waals surface area contributed by atoms with Crippen LogP contribution in [0.25, 0.3) is 0 Å². The molecule has 0 saturated carbocycles. The van der Waals surface area contributed by atoms with Crippen LogP contribution in [0, 0.1) is 0 Å². The molecule has 0 atom stereocenters. The lowest BCUT2D eigenvalue weighted by molar-refractivity contribution is -0.140. The van der Waals surface area contributed by atoms with E-state index in [0.29, 0.717) is 6.61 Å². The molecular formula is C13H31NO2. The topological polar surface area (TPSA) is 29.5 Å². The number of rotatable bonds is 4. The third-order valence-electron chi connectivity index (χ3n) is 1.30. The van der Waals surface area contributed by atoms with Gasteiger partial charge >= 0.3 is 5.97 Å². The van der Waals surface area contributed by atoms with Gasteiger partial charge in [-0.3, -0.25) is 4.79 Å². The Labute approximate surface area is 102 Å². The first-order valence-corrected chi connectivity index (χ1v) is 6.16. The standard InChI is InChI=1S/C6H14.C4H8O2.C3H9N/c1-3-5-6-4-2;1-3-6-4(2)5;1-4(2)3/h3-6H2,1-2H3;3H2,1-2H3;1-3H3. The monoisotopic (exact) mass is 233 g/mol. The van der Waals surface area contributed by atoms with Crippen LogP contribution in [0.5, 0.6) is 0 Å². The van der Waals surface area contributed by atoms with Gasteiger partial charge in [-0.15, -0.1) is 0 Å². The summed E-state index contributed by atoms with van der Waals surface area (Å²) in [4.78, 5) is 11.8. The van der Waals surface area contributed by atoms with Gasteiger partial charge in [0.1, 0.15) is 0 Å². The second-order valence-electron chi connectivity index (χ2n) is 3.97. The lowest BCUT2D eigenvalue weighted by Gasteiger charge is -1.90. The van der Waals surface area contributed by atoms with Crippen LogP contribution < -0.4 is 0 Å². The number of carbonyl (C=O) groups is 1. The maximum Gasteiger partial charge on any atom is 0.302 e. The van der Waals surface area contributed by atoms with Gasteiger partial charge in [-0.2, -0.15) is 0 Å². The molecule has 0 aliphatic carbocycles. The fourth-order valence-corrected chi connectivity index (χ4v) is 0.703. The van der Waals surface area contributed by atoms with Gasteiger partial charge in [0.25, 0.3) is 0 Å². The third kappa shape index (κ3) is 70.4. The zero-order chi connectivity index (χ0) is 13.4. The zero-order valence-corrected chi connectivity index (χ0v) is 12.3. The van der Waals surface area contributed by atoms with Crippen molar-refractivity contribution in [2.24, 2.45) is 0 Å². The SMILES string of the molecule is CCCCCC.CCOC(C)=O.CN(C)C. The minimum atomic E-state index is -0.211. The summed E-state index contributed by atoms with van der Waals surface area (Å²) in [6, 6.07) is 0. The van der Waals surface area contributed by atoms with Crippen LogP contribution in [0.2, 0.25) is 0 Å². The summed E-state index contributed by atoms with van der Waals surface area (Å²) in [6.45, 7) is 8.12. The molecule has 0 amide bonds. The molecule has 3 nitrogen and oxygen atoms in total. The van der Waals surface area contributed by atoms with Gasteiger partial charge < -0.3 is 9.64 Å². The van der Waals surface area contributed by atoms with E-state index in [1.165, 1.54) is 32.6 Å². The van der Waals surface area contributed by atoms with E-state index in [2.05, 4.69) is 18.6 Å². The maximum absolute atomic E-state index is 9.82. The predicted molar refractivity (Wildman–Crippen MR) is 71.7 cm³/mol. The summed E-state index contributed by atoms with van der Waals surface area (Å²) in [7, 11) is 6.00. The van der Waals surface area contributed by atoms with Gasteiger partial charge in [-0.25, -0.2) is 0 Å². The van der Waals surface area contributed by atoms with Crippen molar-refractivity contribution in [1.82, 2.24) is 4.90 Å². The molecule has 0 unspecified atom stereocenters. The molecule has 16 heavy (non-hydrogen) atoms. The van der Waals surface area contributed by atoms with Crippen molar-refractivity contribution in [3.05, 3.63) is 0 Å². The first-order valence-electron chi connectivity index (χ1n) is 6.16. The van der Waals surface area contributed by atoms with Gasteiger partial charge in [0, 0.05) is 6.92 Å². The molecule has 0 fully saturated rings. The average Bonchev–Trinajstić information content (AvgIpc) is 2.14. The summed E-state index contributed by atoms with van der Waals surface area (Å²) in [5.41, 5.74) is 0. The Morgan fingerprint density at radius 3 is 1.38 bits per heavy atom. The molecule has 0 aromatic rings. The normalized spacial score (nSPS) is 8.50. The molecule has 0 aliphatic rings. The first-order chi connectivity index (χ1) is 7.42. The van der Waals surface area contributed by atoms with E-state index >= 15 is 0 Å². The summed E-state index contributed by atoms with van der Waals surface area (Å²) in [6.07, 6.45) is 5.54. The molecular weight excluding hydrogens is 202 g/mol. The lowest BCUT2D eigenvalue weighted by atomic mass is 10.2. The first kappa shape index (κ1) is 20.8. The van der Waals surface area contributed by atoms with Crippen LogP contribution in [-0.4, -0.2) is 38.6 Å². The number of nitrogens with zero attached hydrogens (tertiary/aromatic N) is 1. The van der Waals surface area contributed by atoms with Gasteiger partial charge in [-0.05, 0) is 28.1 Å². The van der Waals surface area contributed by atoms with Crippen LogP contribution in [0.3, 0.4) is 0 Å². The Morgan fingerprint density at radius 2 is 1.31 bits per heavy atom. The highest BCUT2D eigenvalue weighted by atomic mass is 16.5. The van der Waals surface area contributed by atoms with Gasteiger partial charge in [-0.1, -0.05) is 39.5 Å². The van der Waals surface area contributed by atoms with E-state index in [1.54, 1.807) is 6.92 Å². The Hall–Kier alpha value is -0.570. The summed E-state index contributed by atoms with van der Waals surface area (Å²) < 4.78 is 4.40. The van der Waals surface area contributed by atoms with Crippen molar-refractivity contribution in [2.45, 2.75) is 53.4 Å². The van der Waals surface area contributed by atoms with Gasteiger partial charge in [0.15, 0.2) is 0 Å². The van der Waals surface area contributed by atoms with Crippen LogP contribution in [-0.2, 0) is 9.53 Å². The molecule has 0 radical (unpaired) electrons. The highest BCUT2D eigenvalue weighted by Crippen LogP contribution is 1.95. The number of hydrogen-bond acceptors (Lipinski definition) is 3. The zero-order valence-electron chi connectivity index (χ0n) is 12.3. The van der Waals surface area contributed by atoms with Crippen LogP contribution in [0.15, 0.2) is 0 Å². The largest absolute Gasteiger partial charge is 0.466 e. The predicted octanol–water partition coefficient (Wildman–Crippen LogP) is 3.33. The lowest BCUT2D eigenvalue weighted by Crippen LogP contribution is -1.99. The van der Waals surface area contributed by atoms with Gasteiger partial charge in [0.2, 0.25) is 0 Å². The minimum absolute atomic E-state index is 0.211. The molecule has 100 valence electrons. The average molecular weight is 233 g/mol. The Kier molecular flexibility index (Phi) is 25.9. The second-order valence-corrected chi connectivity index (χ2v) is 3.97. The molecule has 0 rings (SSSR count). The van der Waals surface area contributed by atoms with Crippen molar-refractivity contribution in [3.63, 3.8) is 0 Å². The van der Waals surface area contributed by atoms with Crippen molar-refractivity contribution < 1.29 is 9.53 Å². The molecule has 0 saturated heterocycles. The third-order valence-corrected chi connectivity index (χ3v) is 1.30. The number of hydrogen-bond donors (Lipinski definition) is 0. The van der Waals surface area contributed by atoms with Crippen LogP contribution in [0.4, 0.5) is 0 Å². The van der Waals surface area contributed by atoms with Crippen LogP contribution >= 0.6 is 0 Å². The van der Waals surface area contributed by atoms with Gasteiger partial charge in [0.05, 0.1) is 6.61 Å². The molecule has 0 heterocycles. The second kappa shape index (κ2) is 19.9. The fourth-order valence-electron chi connectivity index (χ4n) is 0.703. The summed E-state index contributed by atoms with van der Waals surface area (Å²) in [5, 5.41) is 0. The maximum atomic E-state index is 9.82. The van der Waals surface area contributed by atoms with Crippen molar-refractivity contribution in [3.8, 4) is 0 Å². The molecule has 0 aliphatic heterocycles. The molecule has 0 aromatic heterocycles. The Bertz CT molecular complexity index is 118. The fraction of sp³-hybridized carbons (Fsp3) is 0.923. The molecule has 0 bridgehead atoms. The highest BCUT2D eigenvalue weighted by molar-refractivity contribution is 5.65. The van der Waals surface area contributed by atoms with Crippen molar-refractivity contribution >= 4 is 5.97 Å². The van der Waals surface area contributed by atoms with E-state index < -0.39 is 0 Å².